The van der Waals surface area contributed by atoms with Gasteiger partial charge in [-0.2, -0.15) is 5.26 Å². The molecule has 0 aromatic heterocycles. The van der Waals surface area contributed by atoms with Crippen LogP contribution in [0.1, 0.15) is 17.5 Å². The SMILES string of the molecule is Cc1cccc(CCNCC(=O)NCCC#N)c1. The summed E-state index contributed by atoms with van der Waals surface area (Å²) in [5.74, 6) is -0.0607. The van der Waals surface area contributed by atoms with Gasteiger partial charge in [0.05, 0.1) is 19.0 Å². The van der Waals surface area contributed by atoms with Crippen LogP contribution in [0.3, 0.4) is 0 Å². The Morgan fingerprint density at radius 3 is 2.94 bits per heavy atom. The summed E-state index contributed by atoms with van der Waals surface area (Å²) in [4.78, 5) is 11.3. The van der Waals surface area contributed by atoms with Crippen molar-refractivity contribution in [3.63, 3.8) is 0 Å². The molecule has 0 heterocycles. The Balaban J connectivity index is 2.12. The van der Waals surface area contributed by atoms with Crippen molar-refractivity contribution in [1.82, 2.24) is 10.6 Å². The number of aryl methyl sites for hydroxylation is 1. The van der Waals surface area contributed by atoms with Crippen LogP contribution in [0.4, 0.5) is 0 Å². The molecule has 4 heteroatoms. The molecule has 1 amide bonds. The molecule has 0 radical (unpaired) electrons. The van der Waals surface area contributed by atoms with Crippen LogP contribution in [-0.2, 0) is 11.2 Å². The van der Waals surface area contributed by atoms with Crippen LogP contribution >= 0.6 is 0 Å². The van der Waals surface area contributed by atoms with E-state index in [1.54, 1.807) is 0 Å². The maximum atomic E-state index is 11.3. The highest BCUT2D eigenvalue weighted by Gasteiger charge is 1.99. The van der Waals surface area contributed by atoms with Crippen LogP contribution in [-0.4, -0.2) is 25.5 Å². The van der Waals surface area contributed by atoms with Gasteiger partial charge in [-0.15, -0.1) is 0 Å². The van der Waals surface area contributed by atoms with Crippen molar-refractivity contribution >= 4 is 5.91 Å². The highest BCUT2D eigenvalue weighted by molar-refractivity contribution is 5.77. The maximum Gasteiger partial charge on any atom is 0.233 e. The average Bonchev–Trinajstić information content (AvgIpc) is 2.35. The number of hydrogen-bond donors (Lipinski definition) is 2. The fourth-order valence-corrected chi connectivity index (χ4v) is 1.62. The molecule has 18 heavy (non-hydrogen) atoms. The van der Waals surface area contributed by atoms with Crippen LogP contribution in [0.15, 0.2) is 24.3 Å². The molecule has 0 unspecified atom stereocenters. The third-order valence-corrected chi connectivity index (χ3v) is 2.52. The molecule has 0 atom stereocenters. The molecule has 0 fully saturated rings. The number of amides is 1. The predicted octanol–water partition coefficient (Wildman–Crippen LogP) is 1.16. The van der Waals surface area contributed by atoms with Crippen LogP contribution in [0.2, 0.25) is 0 Å². The number of nitriles is 1. The van der Waals surface area contributed by atoms with Gasteiger partial charge in [0.2, 0.25) is 5.91 Å². The molecule has 4 nitrogen and oxygen atoms in total. The Labute approximate surface area is 108 Å². The van der Waals surface area contributed by atoms with Crippen molar-refractivity contribution in [2.75, 3.05) is 19.6 Å². The van der Waals surface area contributed by atoms with Gasteiger partial charge in [-0.1, -0.05) is 29.8 Å². The predicted molar refractivity (Wildman–Crippen MR) is 71.0 cm³/mol. The lowest BCUT2D eigenvalue weighted by atomic mass is 10.1. The summed E-state index contributed by atoms with van der Waals surface area (Å²) in [5, 5.41) is 14.1. The zero-order valence-electron chi connectivity index (χ0n) is 10.7. The minimum absolute atomic E-state index is 0.0607. The highest BCUT2D eigenvalue weighted by atomic mass is 16.1. The quantitative estimate of drug-likeness (QED) is 0.708. The number of benzene rings is 1. The van der Waals surface area contributed by atoms with Gasteiger partial charge in [-0.05, 0) is 25.5 Å². The molecule has 0 saturated carbocycles. The number of carbonyl (C=O) groups excluding carboxylic acids is 1. The second-order valence-electron chi connectivity index (χ2n) is 4.17. The first-order valence-corrected chi connectivity index (χ1v) is 6.12. The highest BCUT2D eigenvalue weighted by Crippen LogP contribution is 2.03. The molecule has 0 saturated heterocycles. The molecule has 1 aromatic rings. The summed E-state index contributed by atoms with van der Waals surface area (Å²) < 4.78 is 0. The molecule has 0 aliphatic heterocycles. The Morgan fingerprint density at radius 2 is 2.22 bits per heavy atom. The van der Waals surface area contributed by atoms with E-state index in [0.717, 1.165) is 13.0 Å². The van der Waals surface area contributed by atoms with Gasteiger partial charge in [-0.25, -0.2) is 0 Å². The zero-order valence-corrected chi connectivity index (χ0v) is 10.7. The van der Waals surface area contributed by atoms with E-state index in [9.17, 15) is 4.79 Å². The number of nitrogens with one attached hydrogen (secondary N) is 2. The van der Waals surface area contributed by atoms with Crippen LogP contribution in [0.5, 0.6) is 0 Å². The Bertz CT molecular complexity index is 423. The van der Waals surface area contributed by atoms with Gasteiger partial charge in [0.25, 0.3) is 0 Å². The standard InChI is InChI=1S/C14H19N3O/c1-12-4-2-5-13(10-12)6-9-16-11-14(18)17-8-3-7-15/h2,4-5,10,16H,3,6,8-9,11H2,1H3,(H,17,18). The van der Waals surface area contributed by atoms with E-state index < -0.39 is 0 Å². The third kappa shape index (κ3) is 6.02. The molecule has 0 aliphatic carbocycles. The Morgan fingerprint density at radius 1 is 1.39 bits per heavy atom. The lowest BCUT2D eigenvalue weighted by Crippen LogP contribution is -2.35. The van der Waals surface area contributed by atoms with Gasteiger partial charge in [0.1, 0.15) is 0 Å². The van der Waals surface area contributed by atoms with Gasteiger partial charge >= 0.3 is 0 Å². The summed E-state index contributed by atoms with van der Waals surface area (Å²) in [5.41, 5.74) is 2.52. The van der Waals surface area contributed by atoms with E-state index in [2.05, 4.69) is 35.8 Å². The van der Waals surface area contributed by atoms with E-state index in [1.807, 2.05) is 12.1 Å². The minimum atomic E-state index is -0.0607. The van der Waals surface area contributed by atoms with Crippen molar-refractivity contribution < 1.29 is 4.79 Å². The van der Waals surface area contributed by atoms with Crippen molar-refractivity contribution in [2.24, 2.45) is 0 Å². The molecule has 2 N–H and O–H groups in total. The molecule has 1 rings (SSSR count). The van der Waals surface area contributed by atoms with Crippen LogP contribution in [0, 0.1) is 18.3 Å². The smallest absolute Gasteiger partial charge is 0.233 e. The van der Waals surface area contributed by atoms with Crippen molar-refractivity contribution in [2.45, 2.75) is 19.8 Å². The molecule has 96 valence electrons. The average molecular weight is 245 g/mol. The van der Waals surface area contributed by atoms with E-state index >= 15 is 0 Å². The van der Waals surface area contributed by atoms with E-state index in [0.29, 0.717) is 19.5 Å². The monoisotopic (exact) mass is 245 g/mol. The minimum Gasteiger partial charge on any atom is -0.354 e. The van der Waals surface area contributed by atoms with Crippen LogP contribution < -0.4 is 10.6 Å². The lowest BCUT2D eigenvalue weighted by molar-refractivity contribution is -0.120. The van der Waals surface area contributed by atoms with E-state index in [4.69, 9.17) is 5.26 Å². The second kappa shape index (κ2) is 8.26. The van der Waals surface area contributed by atoms with E-state index in [1.165, 1.54) is 11.1 Å². The van der Waals surface area contributed by atoms with Gasteiger partial charge in [0.15, 0.2) is 0 Å². The summed E-state index contributed by atoms with van der Waals surface area (Å²) >= 11 is 0. The Kier molecular flexibility index (Phi) is 6.52. The maximum absolute atomic E-state index is 11.3. The van der Waals surface area contributed by atoms with Crippen molar-refractivity contribution in [1.29, 1.82) is 5.26 Å². The first-order chi connectivity index (χ1) is 8.72. The number of nitrogens with zero attached hydrogens (tertiary/aromatic N) is 1. The van der Waals surface area contributed by atoms with Crippen molar-refractivity contribution in [3.8, 4) is 6.07 Å². The van der Waals surface area contributed by atoms with Gasteiger partial charge in [-0.3, -0.25) is 4.79 Å². The molecule has 0 bridgehead atoms. The van der Waals surface area contributed by atoms with E-state index in [-0.39, 0.29) is 5.91 Å². The summed E-state index contributed by atoms with van der Waals surface area (Å²) in [6.07, 6.45) is 1.27. The van der Waals surface area contributed by atoms with Crippen molar-refractivity contribution in [3.05, 3.63) is 35.4 Å². The topological polar surface area (TPSA) is 64.9 Å². The zero-order chi connectivity index (χ0) is 13.2. The molecule has 1 aromatic carbocycles. The fraction of sp³-hybridized carbons (Fsp3) is 0.429. The first kappa shape index (κ1) is 14.2. The first-order valence-electron chi connectivity index (χ1n) is 6.12. The summed E-state index contributed by atoms with van der Waals surface area (Å²) in [6.45, 7) is 3.57. The normalized spacial score (nSPS) is 9.78. The number of hydrogen-bond acceptors (Lipinski definition) is 3. The lowest BCUT2D eigenvalue weighted by Gasteiger charge is -2.06. The largest absolute Gasteiger partial charge is 0.354 e. The molecule has 0 spiro atoms. The molecule has 0 aliphatic rings. The third-order valence-electron chi connectivity index (χ3n) is 2.52. The number of carbonyl (C=O) groups is 1. The fourth-order valence-electron chi connectivity index (χ4n) is 1.62. The molecular weight excluding hydrogens is 226 g/mol. The summed E-state index contributed by atoms with van der Waals surface area (Å²) in [6, 6.07) is 10.3. The van der Waals surface area contributed by atoms with Crippen LogP contribution in [0.25, 0.3) is 0 Å². The van der Waals surface area contributed by atoms with Gasteiger partial charge < -0.3 is 10.6 Å². The Hall–Kier alpha value is -1.86. The molecular formula is C14H19N3O. The van der Waals surface area contributed by atoms with Gasteiger partial charge in [0, 0.05) is 6.54 Å². The number of rotatable bonds is 7. The summed E-state index contributed by atoms with van der Waals surface area (Å²) in [7, 11) is 0. The second-order valence-corrected chi connectivity index (χ2v) is 4.17.